The largest absolute Gasteiger partial charge is 1.00 e. The predicted molar refractivity (Wildman–Crippen MR) is 84.8 cm³/mol. The van der Waals surface area contributed by atoms with Gasteiger partial charge in [-0.05, 0) is 59.0 Å². The molecule has 1 saturated heterocycles. The van der Waals surface area contributed by atoms with Crippen LogP contribution in [-0.2, 0) is 4.79 Å². The van der Waals surface area contributed by atoms with Crippen molar-refractivity contribution in [1.29, 1.82) is 0 Å². The van der Waals surface area contributed by atoms with Crippen LogP contribution in [0.2, 0.25) is 0 Å². The van der Waals surface area contributed by atoms with E-state index in [-0.39, 0.29) is 57.3 Å². The third-order valence-corrected chi connectivity index (χ3v) is 3.21. The SMILES string of the molecule is CC.CCN(C)CCCN.O=CC1CCN([CH-]O)CC1.[K+]. The minimum Gasteiger partial charge on any atom is -0.551 e. The molecule has 0 spiro atoms. The number of carbonyl (C=O) groups is 1. The van der Waals surface area contributed by atoms with Gasteiger partial charge in [-0.25, -0.2) is 0 Å². The van der Waals surface area contributed by atoms with Gasteiger partial charge in [-0.3, -0.25) is 0 Å². The van der Waals surface area contributed by atoms with E-state index in [1.165, 1.54) is 0 Å². The number of likely N-dealkylation sites (tertiary alicyclic amines) is 1. The molecule has 21 heavy (non-hydrogen) atoms. The summed E-state index contributed by atoms with van der Waals surface area (Å²) in [6.45, 7) is 11.9. The van der Waals surface area contributed by atoms with E-state index in [2.05, 4.69) is 18.9 Å². The number of piperidine rings is 1. The zero-order valence-electron chi connectivity index (χ0n) is 14.7. The summed E-state index contributed by atoms with van der Waals surface area (Å²) in [4.78, 5) is 14.3. The molecule has 0 radical (unpaired) electrons. The summed E-state index contributed by atoms with van der Waals surface area (Å²) in [7, 11) is 2.11. The Morgan fingerprint density at radius 1 is 1.38 bits per heavy atom. The van der Waals surface area contributed by atoms with E-state index in [1.54, 1.807) is 0 Å². The first-order chi connectivity index (χ1) is 9.67. The smallest absolute Gasteiger partial charge is 0.551 e. The molecular weight excluding hydrogens is 293 g/mol. The number of aldehydes is 1. The van der Waals surface area contributed by atoms with E-state index in [9.17, 15) is 4.79 Å². The molecule has 3 N–H and O–H groups in total. The summed E-state index contributed by atoms with van der Waals surface area (Å²) >= 11 is 0. The van der Waals surface area contributed by atoms with Crippen LogP contribution in [0.1, 0.15) is 40.0 Å². The van der Waals surface area contributed by atoms with Crippen molar-refractivity contribution in [3.05, 3.63) is 6.73 Å². The quantitative estimate of drug-likeness (QED) is 0.361. The van der Waals surface area contributed by atoms with Gasteiger partial charge in [-0.1, -0.05) is 20.8 Å². The normalized spacial score (nSPS) is 15.2. The van der Waals surface area contributed by atoms with Gasteiger partial charge in [0.15, 0.2) is 0 Å². The van der Waals surface area contributed by atoms with E-state index in [0.29, 0.717) is 0 Å². The fourth-order valence-corrected chi connectivity index (χ4v) is 1.69. The number of carbonyl (C=O) groups excluding carboxylic acids is 1. The van der Waals surface area contributed by atoms with Gasteiger partial charge in [0, 0.05) is 5.92 Å². The molecular formula is C15H34KN3O2. The van der Waals surface area contributed by atoms with Crippen molar-refractivity contribution in [1.82, 2.24) is 9.80 Å². The Hall–Kier alpha value is 1.15. The molecule has 0 aromatic heterocycles. The van der Waals surface area contributed by atoms with Gasteiger partial charge < -0.3 is 25.4 Å². The van der Waals surface area contributed by atoms with Crippen molar-refractivity contribution in [3.63, 3.8) is 0 Å². The van der Waals surface area contributed by atoms with E-state index in [1.807, 2.05) is 18.7 Å². The average molecular weight is 328 g/mol. The Morgan fingerprint density at radius 3 is 2.24 bits per heavy atom. The van der Waals surface area contributed by atoms with E-state index < -0.39 is 0 Å². The summed E-state index contributed by atoms with van der Waals surface area (Å²) in [6.07, 6.45) is 3.88. The number of aliphatic hydroxyl groups is 1. The molecule has 1 heterocycles. The molecule has 0 aromatic rings. The second-order valence-corrected chi connectivity index (χ2v) is 4.66. The Labute approximate surface area is 174 Å². The molecule has 1 fully saturated rings. The summed E-state index contributed by atoms with van der Waals surface area (Å²) in [5.74, 6) is 0.219. The van der Waals surface area contributed by atoms with Gasteiger partial charge in [0.1, 0.15) is 6.29 Å². The minimum atomic E-state index is 0. The average Bonchev–Trinajstić information content (AvgIpc) is 2.55. The second-order valence-electron chi connectivity index (χ2n) is 4.66. The molecule has 0 atom stereocenters. The van der Waals surface area contributed by atoms with Crippen LogP contribution in [0.5, 0.6) is 0 Å². The van der Waals surface area contributed by atoms with Crippen molar-refractivity contribution >= 4 is 6.29 Å². The molecule has 6 heteroatoms. The molecule has 0 unspecified atom stereocenters. The Morgan fingerprint density at radius 2 is 1.90 bits per heavy atom. The number of nitrogens with two attached hydrogens (primary N) is 1. The van der Waals surface area contributed by atoms with Gasteiger partial charge in [0.25, 0.3) is 0 Å². The predicted octanol–water partition coefficient (Wildman–Crippen LogP) is -1.29. The maximum absolute atomic E-state index is 10.3. The number of hydrogen-bond acceptors (Lipinski definition) is 5. The van der Waals surface area contributed by atoms with Crippen molar-refractivity contribution < 1.29 is 61.3 Å². The molecule has 1 rings (SSSR count). The topological polar surface area (TPSA) is 69.8 Å². The number of rotatable bonds is 6. The van der Waals surface area contributed by atoms with Crippen molar-refractivity contribution in [2.24, 2.45) is 11.7 Å². The summed E-state index contributed by atoms with van der Waals surface area (Å²) in [6, 6.07) is 0. The molecule has 0 aromatic carbocycles. The zero-order chi connectivity index (χ0) is 15.8. The first-order valence-electron chi connectivity index (χ1n) is 7.73. The second kappa shape index (κ2) is 21.1. The maximum atomic E-state index is 10.3. The molecule has 122 valence electrons. The molecule has 0 amide bonds. The molecule has 0 aliphatic carbocycles. The van der Waals surface area contributed by atoms with Gasteiger partial charge >= 0.3 is 51.4 Å². The zero-order valence-corrected chi connectivity index (χ0v) is 17.8. The fourth-order valence-electron chi connectivity index (χ4n) is 1.69. The van der Waals surface area contributed by atoms with Gasteiger partial charge in [-0.15, -0.1) is 0 Å². The van der Waals surface area contributed by atoms with Crippen LogP contribution in [-0.4, -0.2) is 61.0 Å². The van der Waals surface area contributed by atoms with E-state index >= 15 is 0 Å². The van der Waals surface area contributed by atoms with Crippen LogP contribution in [0.25, 0.3) is 0 Å². The van der Waals surface area contributed by atoms with Crippen molar-refractivity contribution in [2.75, 3.05) is 39.8 Å². The molecule has 5 nitrogen and oxygen atoms in total. The van der Waals surface area contributed by atoms with Gasteiger partial charge in [0.2, 0.25) is 0 Å². The molecule has 0 saturated carbocycles. The van der Waals surface area contributed by atoms with Gasteiger partial charge in [-0.2, -0.15) is 6.73 Å². The fraction of sp³-hybridized carbons (Fsp3) is 0.867. The Kier molecular flexibility index (Phi) is 27.2. The van der Waals surface area contributed by atoms with Gasteiger partial charge in [0.05, 0.1) is 0 Å². The van der Waals surface area contributed by atoms with Crippen LogP contribution < -0.4 is 57.1 Å². The van der Waals surface area contributed by atoms with Crippen LogP contribution in [0.3, 0.4) is 0 Å². The summed E-state index contributed by atoms with van der Waals surface area (Å²) in [5, 5.41) is 8.56. The molecule has 0 bridgehead atoms. The number of aliphatic hydroxyl groups excluding tert-OH is 1. The van der Waals surface area contributed by atoms with Crippen LogP contribution in [0, 0.1) is 12.6 Å². The van der Waals surface area contributed by atoms with Crippen LogP contribution in [0.15, 0.2) is 0 Å². The first-order valence-corrected chi connectivity index (χ1v) is 7.73. The monoisotopic (exact) mass is 327 g/mol. The van der Waals surface area contributed by atoms with Crippen LogP contribution >= 0.6 is 0 Å². The Bertz CT molecular complexity index is 201. The van der Waals surface area contributed by atoms with E-state index in [0.717, 1.165) is 65.0 Å². The molecule has 1 aliphatic rings. The number of nitrogens with zero attached hydrogens (tertiary/aromatic N) is 2. The Balaban J connectivity index is -0.000000270. The minimum absolute atomic E-state index is 0. The summed E-state index contributed by atoms with van der Waals surface area (Å²) < 4.78 is 0. The van der Waals surface area contributed by atoms with Crippen molar-refractivity contribution in [2.45, 2.75) is 40.0 Å². The third-order valence-electron chi connectivity index (χ3n) is 3.21. The van der Waals surface area contributed by atoms with E-state index in [4.69, 9.17) is 10.8 Å². The molecule has 1 aliphatic heterocycles. The maximum Gasteiger partial charge on any atom is 1.00 e. The number of hydrogen-bond donors (Lipinski definition) is 2. The van der Waals surface area contributed by atoms with Crippen molar-refractivity contribution in [3.8, 4) is 0 Å². The third kappa shape index (κ3) is 17.3. The van der Waals surface area contributed by atoms with Crippen LogP contribution in [0.4, 0.5) is 0 Å². The summed E-state index contributed by atoms with van der Waals surface area (Å²) in [5.41, 5.74) is 5.30. The standard InChI is InChI=1S/C7H12NO2.C6H16N2.C2H6.K/c9-5-7-1-3-8(6-10)4-2-7;1-3-8(2)6-4-5-7;1-2;/h5-7,10H,1-4H2;3-7H2,1-2H3;1-2H3;/q-1;;;+1. The first kappa shape index (κ1) is 27.0.